The molecule has 0 saturated heterocycles. The van der Waals surface area contributed by atoms with Crippen LogP contribution in [0.2, 0.25) is 0 Å². The fourth-order valence-electron chi connectivity index (χ4n) is 2.29. The number of carbonyl (C=O) groups excluding carboxylic acids is 2. The number of aryl methyl sites for hydroxylation is 1. The predicted molar refractivity (Wildman–Crippen MR) is 97.9 cm³/mol. The number of nitrogens with zero attached hydrogens (tertiary/aromatic N) is 2. The Morgan fingerprint density at radius 3 is 2.58 bits per heavy atom. The van der Waals surface area contributed by atoms with Crippen LogP contribution in [0, 0.1) is 13.8 Å². The molecule has 9 heteroatoms. The summed E-state index contributed by atoms with van der Waals surface area (Å²) in [6, 6.07) is 5.24. The Kier molecular flexibility index (Phi) is 4.83. The molecule has 2 N–H and O–H groups in total. The van der Waals surface area contributed by atoms with Crippen LogP contribution in [0.25, 0.3) is 5.13 Å². The molecule has 24 heavy (non-hydrogen) atoms. The van der Waals surface area contributed by atoms with Crippen molar-refractivity contribution < 1.29 is 9.59 Å². The van der Waals surface area contributed by atoms with Gasteiger partial charge in [0, 0.05) is 23.0 Å². The van der Waals surface area contributed by atoms with Gasteiger partial charge in [-0.3, -0.25) is 25.0 Å². The van der Waals surface area contributed by atoms with Gasteiger partial charge in [-0.05, 0) is 48.0 Å². The van der Waals surface area contributed by atoms with Gasteiger partial charge >= 0.3 is 0 Å². The average Bonchev–Trinajstić information content (AvgIpc) is 3.26. The summed E-state index contributed by atoms with van der Waals surface area (Å²) in [5.74, 6) is -0.720. The van der Waals surface area contributed by atoms with Gasteiger partial charge in [0.1, 0.15) is 0 Å². The quantitative estimate of drug-likeness (QED) is 0.632. The molecule has 3 aromatic rings. The highest BCUT2D eigenvalue weighted by Crippen LogP contribution is 2.23. The molecule has 0 saturated carbocycles. The number of halogens is 1. The molecule has 0 spiro atoms. The monoisotopic (exact) mass is 424 g/mol. The van der Waals surface area contributed by atoms with Crippen LogP contribution < -0.4 is 10.9 Å². The summed E-state index contributed by atoms with van der Waals surface area (Å²) in [7, 11) is 0. The average molecular weight is 425 g/mol. The van der Waals surface area contributed by atoms with Crippen molar-refractivity contribution in [3.8, 4) is 5.13 Å². The molecule has 0 aliphatic carbocycles. The Labute approximate surface area is 154 Å². The van der Waals surface area contributed by atoms with Crippen LogP contribution in [0.3, 0.4) is 0 Å². The summed E-state index contributed by atoms with van der Waals surface area (Å²) in [6.45, 7) is 3.76. The first-order valence-electron chi connectivity index (χ1n) is 6.92. The van der Waals surface area contributed by atoms with Gasteiger partial charge in [-0.15, -0.1) is 22.7 Å². The largest absolute Gasteiger partial charge is 0.294 e. The lowest BCUT2D eigenvalue weighted by molar-refractivity contribution is 0.0848. The zero-order valence-electron chi connectivity index (χ0n) is 12.8. The fourth-order valence-corrected chi connectivity index (χ4v) is 4.32. The molecular weight excluding hydrogens is 412 g/mol. The summed E-state index contributed by atoms with van der Waals surface area (Å²) >= 11 is 6.09. The summed E-state index contributed by atoms with van der Waals surface area (Å²) < 4.78 is 2.77. The van der Waals surface area contributed by atoms with E-state index in [0.29, 0.717) is 10.4 Å². The molecule has 3 aromatic heterocycles. The number of nitrogens with one attached hydrogen (secondary N) is 2. The van der Waals surface area contributed by atoms with Crippen molar-refractivity contribution in [1.29, 1.82) is 0 Å². The molecule has 0 bridgehead atoms. The van der Waals surface area contributed by atoms with Gasteiger partial charge in [-0.1, -0.05) is 0 Å². The maximum absolute atomic E-state index is 12.4. The van der Waals surface area contributed by atoms with Crippen molar-refractivity contribution in [2.45, 2.75) is 13.8 Å². The molecule has 6 nitrogen and oxygen atoms in total. The molecule has 124 valence electrons. The summed E-state index contributed by atoms with van der Waals surface area (Å²) in [4.78, 5) is 29.2. The Bertz CT molecular complexity index is 899. The van der Waals surface area contributed by atoms with Gasteiger partial charge in [0.15, 0.2) is 5.13 Å². The van der Waals surface area contributed by atoms with E-state index in [1.165, 1.54) is 22.7 Å². The molecule has 3 heterocycles. The number of rotatable bonds is 3. The number of hydrazine groups is 1. The molecular formula is C15H13BrN4O2S2. The highest BCUT2D eigenvalue weighted by atomic mass is 79.9. The van der Waals surface area contributed by atoms with Crippen molar-refractivity contribution in [2.24, 2.45) is 0 Å². The number of amides is 2. The lowest BCUT2D eigenvalue weighted by Crippen LogP contribution is -2.41. The zero-order chi connectivity index (χ0) is 17.3. The minimum Gasteiger partial charge on any atom is -0.294 e. The van der Waals surface area contributed by atoms with Gasteiger partial charge in [-0.2, -0.15) is 0 Å². The number of thiophene rings is 1. The topological polar surface area (TPSA) is 76.0 Å². The summed E-state index contributed by atoms with van der Waals surface area (Å²) in [6.07, 6.45) is 1.72. The molecule has 0 unspecified atom stereocenters. The number of aromatic nitrogens is 2. The van der Waals surface area contributed by atoms with Gasteiger partial charge in [0.2, 0.25) is 0 Å². The van der Waals surface area contributed by atoms with E-state index in [2.05, 4.69) is 31.8 Å². The van der Waals surface area contributed by atoms with E-state index in [1.54, 1.807) is 24.4 Å². The standard InChI is InChI=1S/C15H13BrN4O2S2/c1-8-7-10(9(2)20(8)15-17-5-6-23-15)13(21)18-19-14(22)11-3-4-12(16)24-11/h3-7H,1-2H3,(H,18,21)(H,19,22). The van der Waals surface area contributed by atoms with Crippen LogP contribution in [-0.4, -0.2) is 21.4 Å². The molecule has 3 rings (SSSR count). The zero-order valence-corrected chi connectivity index (χ0v) is 16.0. The molecule has 0 aliphatic rings. The van der Waals surface area contributed by atoms with E-state index in [-0.39, 0.29) is 11.8 Å². The van der Waals surface area contributed by atoms with Crippen LogP contribution in [0.5, 0.6) is 0 Å². The third-order valence-corrected chi connectivity index (χ3v) is 5.75. The minimum absolute atomic E-state index is 0.354. The van der Waals surface area contributed by atoms with E-state index >= 15 is 0 Å². The Morgan fingerprint density at radius 1 is 1.21 bits per heavy atom. The Hall–Kier alpha value is -1.97. The maximum Gasteiger partial charge on any atom is 0.279 e. The number of hydrogen-bond donors (Lipinski definition) is 2. The second kappa shape index (κ2) is 6.88. The van der Waals surface area contributed by atoms with Crippen molar-refractivity contribution in [3.05, 3.63) is 55.4 Å². The fraction of sp³-hybridized carbons (Fsp3) is 0.133. The van der Waals surface area contributed by atoms with Crippen LogP contribution >= 0.6 is 38.6 Å². The predicted octanol–water partition coefficient (Wildman–Crippen LogP) is 3.45. The van der Waals surface area contributed by atoms with Gasteiger partial charge in [-0.25, -0.2) is 4.98 Å². The molecule has 0 aromatic carbocycles. The van der Waals surface area contributed by atoms with E-state index in [1.807, 2.05) is 23.8 Å². The highest BCUT2D eigenvalue weighted by Gasteiger charge is 2.18. The smallest absolute Gasteiger partial charge is 0.279 e. The Morgan fingerprint density at radius 2 is 1.96 bits per heavy atom. The van der Waals surface area contributed by atoms with Crippen LogP contribution in [0.4, 0.5) is 0 Å². The minimum atomic E-state index is -0.366. The van der Waals surface area contributed by atoms with E-state index < -0.39 is 0 Å². The van der Waals surface area contributed by atoms with Crippen LogP contribution in [-0.2, 0) is 0 Å². The van der Waals surface area contributed by atoms with E-state index in [0.717, 1.165) is 20.3 Å². The normalized spacial score (nSPS) is 10.6. The summed E-state index contributed by atoms with van der Waals surface area (Å²) in [5.41, 5.74) is 7.06. The van der Waals surface area contributed by atoms with Crippen molar-refractivity contribution in [3.63, 3.8) is 0 Å². The second-order valence-electron chi connectivity index (χ2n) is 4.95. The lowest BCUT2D eigenvalue weighted by Gasteiger charge is -2.07. The van der Waals surface area contributed by atoms with Gasteiger partial charge in [0.05, 0.1) is 14.2 Å². The van der Waals surface area contributed by atoms with E-state index in [4.69, 9.17) is 0 Å². The first kappa shape index (κ1) is 16.9. The number of carbonyl (C=O) groups is 2. The third-order valence-electron chi connectivity index (χ3n) is 3.37. The van der Waals surface area contributed by atoms with Crippen molar-refractivity contribution >= 4 is 50.4 Å². The first-order valence-corrected chi connectivity index (χ1v) is 9.41. The molecule has 2 amide bonds. The highest BCUT2D eigenvalue weighted by molar-refractivity contribution is 9.11. The second-order valence-corrected chi connectivity index (χ2v) is 8.28. The summed E-state index contributed by atoms with van der Waals surface area (Å²) in [5, 5.41) is 2.68. The lowest BCUT2D eigenvalue weighted by atomic mass is 10.2. The van der Waals surface area contributed by atoms with Crippen LogP contribution in [0.1, 0.15) is 31.4 Å². The number of thiazole rings is 1. The van der Waals surface area contributed by atoms with Crippen LogP contribution in [0.15, 0.2) is 33.6 Å². The Balaban J connectivity index is 1.74. The van der Waals surface area contributed by atoms with Crippen molar-refractivity contribution in [1.82, 2.24) is 20.4 Å². The molecule has 0 radical (unpaired) electrons. The third kappa shape index (κ3) is 3.28. The molecule has 0 atom stereocenters. The van der Waals surface area contributed by atoms with Gasteiger partial charge < -0.3 is 0 Å². The SMILES string of the molecule is Cc1cc(C(=O)NNC(=O)c2ccc(Br)s2)c(C)n1-c1nccs1. The number of hydrogen-bond acceptors (Lipinski definition) is 5. The molecule has 0 aliphatic heterocycles. The van der Waals surface area contributed by atoms with E-state index in [9.17, 15) is 9.59 Å². The first-order chi connectivity index (χ1) is 11.5. The van der Waals surface area contributed by atoms with Gasteiger partial charge in [0.25, 0.3) is 11.8 Å². The van der Waals surface area contributed by atoms with Crippen molar-refractivity contribution in [2.75, 3.05) is 0 Å². The maximum atomic E-state index is 12.4. The molecule has 0 fully saturated rings.